The molecule has 132 valence electrons. The SMILES string of the molecule is CC(C)Cn1c(=O)n(CCCn2cccn2)c2cc(C(=O)O)cnc21. The molecule has 3 heterocycles. The third-order valence-electron chi connectivity index (χ3n) is 3.98. The van der Waals surface area contributed by atoms with Crippen LogP contribution in [0.2, 0.25) is 0 Å². The van der Waals surface area contributed by atoms with Gasteiger partial charge in [0.15, 0.2) is 5.65 Å². The summed E-state index contributed by atoms with van der Waals surface area (Å²) in [6, 6.07) is 3.38. The Morgan fingerprint density at radius 1 is 1.28 bits per heavy atom. The van der Waals surface area contributed by atoms with Crippen molar-refractivity contribution >= 4 is 17.1 Å². The number of carboxylic acids is 1. The quantitative estimate of drug-likeness (QED) is 0.706. The van der Waals surface area contributed by atoms with E-state index >= 15 is 0 Å². The van der Waals surface area contributed by atoms with Gasteiger partial charge in [-0.1, -0.05) is 13.8 Å². The van der Waals surface area contributed by atoms with Gasteiger partial charge >= 0.3 is 11.7 Å². The molecule has 8 nitrogen and oxygen atoms in total. The number of nitrogens with zero attached hydrogens (tertiary/aromatic N) is 5. The number of imidazole rings is 1. The van der Waals surface area contributed by atoms with Crippen LogP contribution in [-0.2, 0) is 19.6 Å². The Kier molecular flexibility index (Phi) is 4.69. The number of rotatable bonds is 7. The lowest BCUT2D eigenvalue weighted by molar-refractivity contribution is 0.0696. The van der Waals surface area contributed by atoms with Gasteiger partial charge in [0, 0.05) is 38.2 Å². The highest BCUT2D eigenvalue weighted by molar-refractivity contribution is 5.90. The van der Waals surface area contributed by atoms with Gasteiger partial charge in [-0.15, -0.1) is 0 Å². The van der Waals surface area contributed by atoms with Crippen LogP contribution in [0.15, 0.2) is 35.5 Å². The van der Waals surface area contributed by atoms with Crippen LogP contribution in [0, 0.1) is 5.92 Å². The number of aromatic nitrogens is 5. The fourth-order valence-electron chi connectivity index (χ4n) is 2.88. The molecular formula is C17H21N5O3. The zero-order chi connectivity index (χ0) is 18.0. The van der Waals surface area contributed by atoms with Gasteiger partial charge in [-0.25, -0.2) is 14.6 Å². The number of fused-ring (bicyclic) bond motifs is 1. The first-order valence-electron chi connectivity index (χ1n) is 8.27. The van der Waals surface area contributed by atoms with E-state index < -0.39 is 5.97 Å². The zero-order valence-corrected chi connectivity index (χ0v) is 14.3. The Bertz CT molecular complexity index is 937. The van der Waals surface area contributed by atoms with Crippen LogP contribution in [0.4, 0.5) is 0 Å². The van der Waals surface area contributed by atoms with Crippen LogP contribution in [-0.4, -0.2) is 35.0 Å². The fraction of sp³-hybridized carbons (Fsp3) is 0.412. The van der Waals surface area contributed by atoms with Crippen LogP contribution >= 0.6 is 0 Å². The number of hydrogen-bond donors (Lipinski definition) is 1. The molecule has 0 aliphatic carbocycles. The number of carboxylic acid groups (broad SMARTS) is 1. The van der Waals surface area contributed by atoms with Crippen LogP contribution in [0.3, 0.4) is 0 Å². The molecule has 0 bridgehead atoms. The Morgan fingerprint density at radius 3 is 2.72 bits per heavy atom. The summed E-state index contributed by atoms with van der Waals surface area (Å²) >= 11 is 0. The van der Waals surface area contributed by atoms with E-state index in [2.05, 4.69) is 10.1 Å². The average Bonchev–Trinajstić information content (AvgIpc) is 3.16. The van der Waals surface area contributed by atoms with Gasteiger partial charge in [0.1, 0.15) is 0 Å². The summed E-state index contributed by atoms with van der Waals surface area (Å²) in [5.41, 5.74) is 1.02. The highest BCUT2D eigenvalue weighted by atomic mass is 16.4. The van der Waals surface area contributed by atoms with Crippen molar-refractivity contribution in [1.82, 2.24) is 23.9 Å². The molecular weight excluding hydrogens is 322 g/mol. The maximum Gasteiger partial charge on any atom is 0.337 e. The van der Waals surface area contributed by atoms with E-state index in [9.17, 15) is 14.7 Å². The number of hydrogen-bond acceptors (Lipinski definition) is 4. The minimum absolute atomic E-state index is 0.0787. The lowest BCUT2D eigenvalue weighted by Gasteiger charge is -2.05. The summed E-state index contributed by atoms with van der Waals surface area (Å²) in [4.78, 5) is 28.3. The molecule has 0 aliphatic heterocycles. The monoisotopic (exact) mass is 343 g/mol. The summed E-state index contributed by atoms with van der Waals surface area (Å²) in [6.45, 7) is 5.76. The highest BCUT2D eigenvalue weighted by Gasteiger charge is 2.17. The van der Waals surface area contributed by atoms with Crippen molar-refractivity contribution in [2.45, 2.75) is 39.9 Å². The molecule has 1 N–H and O–H groups in total. The molecule has 3 rings (SSSR count). The predicted octanol–water partition coefficient (Wildman–Crippen LogP) is 1.84. The Labute approximate surface area is 144 Å². The van der Waals surface area contributed by atoms with Crippen LogP contribution in [0.5, 0.6) is 0 Å². The van der Waals surface area contributed by atoms with Gasteiger partial charge in [0.05, 0.1) is 11.1 Å². The largest absolute Gasteiger partial charge is 0.478 e. The average molecular weight is 343 g/mol. The number of aryl methyl sites for hydroxylation is 2. The molecule has 3 aromatic rings. The topological polar surface area (TPSA) is 94.9 Å². The van der Waals surface area contributed by atoms with Crippen LogP contribution in [0.25, 0.3) is 11.2 Å². The lowest BCUT2D eigenvalue weighted by Crippen LogP contribution is -2.26. The van der Waals surface area contributed by atoms with E-state index in [4.69, 9.17) is 0 Å². The first-order valence-corrected chi connectivity index (χ1v) is 8.27. The number of pyridine rings is 1. The fourth-order valence-corrected chi connectivity index (χ4v) is 2.88. The van der Waals surface area contributed by atoms with Crippen LogP contribution in [0.1, 0.15) is 30.6 Å². The Balaban J connectivity index is 1.98. The molecule has 3 aromatic heterocycles. The van der Waals surface area contributed by atoms with Crippen LogP contribution < -0.4 is 5.69 Å². The van der Waals surface area contributed by atoms with Gasteiger partial charge in [0.2, 0.25) is 0 Å². The summed E-state index contributed by atoms with van der Waals surface area (Å²) in [6.07, 6.45) is 5.59. The van der Waals surface area contributed by atoms with Gasteiger partial charge in [-0.2, -0.15) is 5.10 Å². The molecule has 0 saturated heterocycles. The minimum Gasteiger partial charge on any atom is -0.478 e. The number of aromatic carboxylic acids is 1. The molecule has 0 aliphatic rings. The summed E-state index contributed by atoms with van der Waals surface area (Å²) in [5, 5.41) is 13.4. The molecule has 0 saturated carbocycles. The molecule has 8 heteroatoms. The van der Waals surface area contributed by atoms with Crippen molar-refractivity contribution in [1.29, 1.82) is 0 Å². The highest BCUT2D eigenvalue weighted by Crippen LogP contribution is 2.15. The Hall–Kier alpha value is -2.90. The van der Waals surface area contributed by atoms with Gasteiger partial charge < -0.3 is 5.11 Å². The molecule has 0 amide bonds. The third-order valence-corrected chi connectivity index (χ3v) is 3.98. The minimum atomic E-state index is -1.05. The molecule has 25 heavy (non-hydrogen) atoms. The molecule has 0 unspecified atom stereocenters. The van der Waals surface area contributed by atoms with Crippen molar-refractivity contribution in [3.05, 3.63) is 46.8 Å². The molecule has 0 aromatic carbocycles. The van der Waals surface area contributed by atoms with Crippen molar-refractivity contribution in [3.8, 4) is 0 Å². The van der Waals surface area contributed by atoms with E-state index in [1.54, 1.807) is 20.0 Å². The van der Waals surface area contributed by atoms with Crippen molar-refractivity contribution in [2.24, 2.45) is 5.92 Å². The van der Waals surface area contributed by atoms with Gasteiger partial charge in [0.25, 0.3) is 0 Å². The summed E-state index contributed by atoms with van der Waals surface area (Å²) in [5.74, 6) is -0.775. The zero-order valence-electron chi connectivity index (χ0n) is 14.3. The molecule has 0 spiro atoms. The number of carbonyl (C=O) groups is 1. The van der Waals surface area contributed by atoms with Gasteiger partial charge in [-0.3, -0.25) is 13.8 Å². The second-order valence-corrected chi connectivity index (χ2v) is 6.43. The molecule has 0 radical (unpaired) electrons. The van der Waals surface area contributed by atoms with E-state index in [0.717, 1.165) is 0 Å². The second kappa shape index (κ2) is 6.92. The summed E-state index contributed by atoms with van der Waals surface area (Å²) in [7, 11) is 0. The van der Waals surface area contributed by atoms with Crippen molar-refractivity contribution in [3.63, 3.8) is 0 Å². The van der Waals surface area contributed by atoms with E-state index in [1.165, 1.54) is 12.3 Å². The van der Waals surface area contributed by atoms with Gasteiger partial charge in [-0.05, 0) is 24.5 Å². The predicted molar refractivity (Wildman–Crippen MR) is 92.6 cm³/mol. The van der Waals surface area contributed by atoms with Crippen molar-refractivity contribution < 1.29 is 9.90 Å². The smallest absolute Gasteiger partial charge is 0.337 e. The van der Waals surface area contributed by atoms with E-state index in [-0.39, 0.29) is 17.2 Å². The lowest BCUT2D eigenvalue weighted by atomic mass is 10.2. The second-order valence-electron chi connectivity index (χ2n) is 6.43. The van der Waals surface area contributed by atoms with Crippen molar-refractivity contribution in [2.75, 3.05) is 0 Å². The first-order chi connectivity index (χ1) is 12.0. The van der Waals surface area contributed by atoms with E-state index in [0.29, 0.717) is 37.2 Å². The normalized spacial score (nSPS) is 11.5. The third kappa shape index (κ3) is 3.47. The molecule has 0 atom stereocenters. The maximum atomic E-state index is 12.8. The standard InChI is InChI=1S/C17H21N5O3/c1-12(2)11-22-15-14(9-13(10-18-15)16(23)24)21(17(22)25)8-4-7-20-6-3-5-19-20/h3,5-6,9-10,12H,4,7-8,11H2,1-2H3,(H,23,24). The van der Waals surface area contributed by atoms with E-state index in [1.807, 2.05) is 26.1 Å². The maximum absolute atomic E-state index is 12.8. The Morgan fingerprint density at radius 2 is 2.08 bits per heavy atom. The summed E-state index contributed by atoms with van der Waals surface area (Å²) < 4.78 is 5.04. The molecule has 0 fully saturated rings. The first kappa shape index (κ1) is 16.9.